The molecular formula is C16H27Cl2N3O. The average Bonchev–Trinajstić information content (AvgIpc) is 2.52. The molecule has 1 aliphatic rings. The molecule has 1 heterocycles. The van der Waals surface area contributed by atoms with Crippen molar-refractivity contribution in [3.63, 3.8) is 0 Å². The summed E-state index contributed by atoms with van der Waals surface area (Å²) < 4.78 is 0. The number of nitrogens with two attached hydrogens (primary N) is 1. The highest BCUT2D eigenvalue weighted by Crippen LogP contribution is 2.10. The molecule has 0 radical (unpaired) electrons. The van der Waals surface area contributed by atoms with E-state index in [1.807, 2.05) is 30.3 Å². The number of benzene rings is 1. The summed E-state index contributed by atoms with van der Waals surface area (Å²) in [5.41, 5.74) is 6.80. The molecule has 1 saturated heterocycles. The van der Waals surface area contributed by atoms with E-state index < -0.39 is 6.04 Å². The molecule has 1 atom stereocenters. The largest absolute Gasteiger partial charge is 0.354 e. The van der Waals surface area contributed by atoms with Gasteiger partial charge in [-0.15, -0.1) is 24.8 Å². The topological polar surface area (TPSA) is 58.4 Å². The lowest BCUT2D eigenvalue weighted by atomic mass is 10.1. The van der Waals surface area contributed by atoms with Gasteiger partial charge < -0.3 is 16.0 Å². The van der Waals surface area contributed by atoms with Gasteiger partial charge in [0.15, 0.2) is 0 Å². The van der Waals surface area contributed by atoms with E-state index in [2.05, 4.69) is 10.2 Å². The lowest BCUT2D eigenvalue weighted by molar-refractivity contribution is -0.122. The summed E-state index contributed by atoms with van der Waals surface area (Å²) in [6.45, 7) is 4.19. The molecular weight excluding hydrogens is 321 g/mol. The first-order valence-corrected chi connectivity index (χ1v) is 7.58. The van der Waals surface area contributed by atoms with Crippen LogP contribution in [-0.4, -0.2) is 37.0 Å². The second-order valence-electron chi connectivity index (χ2n) is 5.44. The van der Waals surface area contributed by atoms with Gasteiger partial charge in [0.05, 0.1) is 0 Å². The summed E-state index contributed by atoms with van der Waals surface area (Å²) in [5.74, 6) is -0.0881. The number of likely N-dealkylation sites (tertiary alicyclic amines) is 1. The van der Waals surface area contributed by atoms with Crippen molar-refractivity contribution < 1.29 is 4.79 Å². The maximum atomic E-state index is 11.9. The normalized spacial score (nSPS) is 16.0. The minimum absolute atomic E-state index is 0. The van der Waals surface area contributed by atoms with E-state index in [0.717, 1.165) is 18.5 Å². The van der Waals surface area contributed by atoms with Crippen LogP contribution in [0.1, 0.15) is 37.3 Å². The second-order valence-corrected chi connectivity index (χ2v) is 5.44. The lowest BCUT2D eigenvalue weighted by Crippen LogP contribution is -2.37. The standard InChI is InChI=1S/C16H25N3O.2ClH/c17-15(14-8-3-1-4-9-14)16(20)18-10-7-13-19-11-5-2-6-12-19;;/h1,3-4,8-9,15H,2,5-7,10-13,17H2,(H,18,20);2*1H. The monoisotopic (exact) mass is 347 g/mol. The first-order chi connectivity index (χ1) is 9.77. The van der Waals surface area contributed by atoms with E-state index in [0.29, 0.717) is 6.54 Å². The average molecular weight is 348 g/mol. The first kappa shape index (κ1) is 21.2. The van der Waals surface area contributed by atoms with Crippen molar-refractivity contribution >= 4 is 30.7 Å². The molecule has 3 N–H and O–H groups in total. The maximum Gasteiger partial charge on any atom is 0.241 e. The number of hydrogen-bond acceptors (Lipinski definition) is 3. The number of nitrogens with one attached hydrogen (secondary N) is 1. The van der Waals surface area contributed by atoms with Crippen LogP contribution in [0.25, 0.3) is 0 Å². The molecule has 0 aliphatic carbocycles. The number of hydrogen-bond donors (Lipinski definition) is 2. The number of amides is 1. The van der Waals surface area contributed by atoms with Crippen molar-refractivity contribution in [2.45, 2.75) is 31.7 Å². The highest BCUT2D eigenvalue weighted by atomic mass is 35.5. The van der Waals surface area contributed by atoms with Crippen LogP contribution in [-0.2, 0) is 4.79 Å². The van der Waals surface area contributed by atoms with Crippen molar-refractivity contribution in [1.29, 1.82) is 0 Å². The molecule has 1 amide bonds. The molecule has 6 heteroatoms. The minimum Gasteiger partial charge on any atom is -0.354 e. The van der Waals surface area contributed by atoms with Crippen molar-refractivity contribution in [3.8, 4) is 0 Å². The Bertz CT molecular complexity index is 411. The van der Waals surface area contributed by atoms with Gasteiger partial charge in [0.25, 0.3) is 0 Å². The molecule has 1 unspecified atom stereocenters. The molecule has 1 aromatic rings. The van der Waals surface area contributed by atoms with Crippen LogP contribution in [0.5, 0.6) is 0 Å². The summed E-state index contributed by atoms with van der Waals surface area (Å²) in [6, 6.07) is 8.94. The Morgan fingerprint density at radius 1 is 1.14 bits per heavy atom. The number of carbonyl (C=O) groups excluding carboxylic acids is 1. The fraction of sp³-hybridized carbons (Fsp3) is 0.562. The smallest absolute Gasteiger partial charge is 0.241 e. The third-order valence-corrected chi connectivity index (χ3v) is 3.84. The van der Waals surface area contributed by atoms with Crippen LogP contribution >= 0.6 is 24.8 Å². The Labute approximate surface area is 145 Å². The van der Waals surface area contributed by atoms with Crippen LogP contribution in [0.4, 0.5) is 0 Å². The lowest BCUT2D eigenvalue weighted by Gasteiger charge is -2.26. The Balaban J connectivity index is 0.00000220. The number of rotatable bonds is 6. The Hall–Kier alpha value is -0.810. The van der Waals surface area contributed by atoms with Crippen LogP contribution in [0, 0.1) is 0 Å². The van der Waals surface area contributed by atoms with Gasteiger partial charge in [0.1, 0.15) is 6.04 Å². The molecule has 2 rings (SSSR count). The zero-order valence-electron chi connectivity index (χ0n) is 12.9. The molecule has 0 spiro atoms. The van der Waals surface area contributed by atoms with Crippen molar-refractivity contribution in [1.82, 2.24) is 10.2 Å². The predicted molar refractivity (Wildman–Crippen MR) is 95.8 cm³/mol. The van der Waals surface area contributed by atoms with Crippen LogP contribution < -0.4 is 11.1 Å². The van der Waals surface area contributed by atoms with Gasteiger partial charge in [0, 0.05) is 6.54 Å². The van der Waals surface area contributed by atoms with E-state index in [9.17, 15) is 4.79 Å². The molecule has 22 heavy (non-hydrogen) atoms. The molecule has 4 nitrogen and oxygen atoms in total. The Kier molecular flexibility index (Phi) is 11.3. The van der Waals surface area contributed by atoms with Crippen molar-refractivity contribution in [3.05, 3.63) is 35.9 Å². The Morgan fingerprint density at radius 2 is 1.77 bits per heavy atom. The maximum absolute atomic E-state index is 11.9. The zero-order valence-corrected chi connectivity index (χ0v) is 14.5. The van der Waals surface area contributed by atoms with E-state index >= 15 is 0 Å². The van der Waals surface area contributed by atoms with Gasteiger partial charge in [-0.3, -0.25) is 4.79 Å². The minimum atomic E-state index is -0.564. The van der Waals surface area contributed by atoms with Gasteiger partial charge >= 0.3 is 0 Å². The summed E-state index contributed by atoms with van der Waals surface area (Å²) >= 11 is 0. The molecule has 0 aromatic heterocycles. The summed E-state index contributed by atoms with van der Waals surface area (Å²) in [5, 5.41) is 2.93. The highest BCUT2D eigenvalue weighted by Gasteiger charge is 2.15. The SMILES string of the molecule is Cl.Cl.NC(C(=O)NCCCN1CCCCC1)c1ccccc1. The summed E-state index contributed by atoms with van der Waals surface area (Å²) in [7, 11) is 0. The van der Waals surface area contributed by atoms with Gasteiger partial charge in [-0.05, 0) is 44.5 Å². The van der Waals surface area contributed by atoms with Gasteiger partial charge in [0.2, 0.25) is 5.91 Å². The quantitative estimate of drug-likeness (QED) is 0.777. The van der Waals surface area contributed by atoms with Crippen LogP contribution in [0.2, 0.25) is 0 Å². The number of carbonyl (C=O) groups is 1. The van der Waals surface area contributed by atoms with E-state index in [1.165, 1.54) is 32.4 Å². The number of nitrogens with zero attached hydrogens (tertiary/aromatic N) is 1. The fourth-order valence-electron chi connectivity index (χ4n) is 2.62. The summed E-state index contributed by atoms with van der Waals surface area (Å²) in [6.07, 6.45) is 4.98. The molecule has 1 aromatic carbocycles. The second kappa shape index (κ2) is 11.7. The van der Waals surface area contributed by atoms with Gasteiger partial charge in [-0.25, -0.2) is 0 Å². The van der Waals surface area contributed by atoms with Crippen molar-refractivity contribution in [2.75, 3.05) is 26.2 Å². The highest BCUT2D eigenvalue weighted by molar-refractivity contribution is 5.85. The predicted octanol–water partition coefficient (Wildman–Crippen LogP) is 2.52. The van der Waals surface area contributed by atoms with Crippen LogP contribution in [0.15, 0.2) is 30.3 Å². The molecule has 126 valence electrons. The first-order valence-electron chi connectivity index (χ1n) is 7.58. The number of halogens is 2. The third kappa shape index (κ3) is 6.97. The fourth-order valence-corrected chi connectivity index (χ4v) is 2.62. The number of piperidine rings is 1. The van der Waals surface area contributed by atoms with E-state index in [1.54, 1.807) is 0 Å². The van der Waals surface area contributed by atoms with Crippen LogP contribution in [0.3, 0.4) is 0 Å². The van der Waals surface area contributed by atoms with Crippen molar-refractivity contribution in [2.24, 2.45) is 5.73 Å². The van der Waals surface area contributed by atoms with E-state index in [4.69, 9.17) is 5.73 Å². The van der Waals surface area contributed by atoms with E-state index in [-0.39, 0.29) is 30.7 Å². The molecule has 0 bridgehead atoms. The zero-order chi connectivity index (χ0) is 14.2. The van der Waals surface area contributed by atoms with Gasteiger partial charge in [-0.2, -0.15) is 0 Å². The molecule has 1 aliphatic heterocycles. The third-order valence-electron chi connectivity index (χ3n) is 3.84. The van der Waals surface area contributed by atoms with Gasteiger partial charge in [-0.1, -0.05) is 36.8 Å². The molecule has 0 saturated carbocycles. The molecule has 1 fully saturated rings. The summed E-state index contributed by atoms with van der Waals surface area (Å²) in [4.78, 5) is 14.4. The Morgan fingerprint density at radius 3 is 2.41 bits per heavy atom.